The average molecular weight is 343 g/mol. The van der Waals surface area contributed by atoms with Gasteiger partial charge in [0.2, 0.25) is 0 Å². The van der Waals surface area contributed by atoms with Crippen molar-refractivity contribution in [3.05, 3.63) is 58.1 Å². The Labute approximate surface area is 133 Å². The molecule has 110 valence electrons. The first-order valence-corrected chi connectivity index (χ1v) is 8.51. The first-order valence-electron chi connectivity index (χ1n) is 6.31. The Balaban J connectivity index is 1.94. The summed E-state index contributed by atoms with van der Waals surface area (Å²) in [5, 5.41) is 0.494. The van der Waals surface area contributed by atoms with Gasteiger partial charge in [-0.1, -0.05) is 47.5 Å². The van der Waals surface area contributed by atoms with Gasteiger partial charge in [0.05, 0.1) is 21.4 Å². The summed E-state index contributed by atoms with van der Waals surface area (Å²) in [5.74, 6) is 0. The second kappa shape index (κ2) is 5.40. The SMILES string of the molecule is O=S(=O)(Nc1cccc(Cl)c1Cl)N1CCc2ccccc21. The minimum Gasteiger partial charge on any atom is -0.265 e. The zero-order valence-electron chi connectivity index (χ0n) is 10.9. The van der Waals surface area contributed by atoms with Gasteiger partial charge in [0.1, 0.15) is 0 Å². The Morgan fingerprint density at radius 2 is 1.81 bits per heavy atom. The van der Waals surface area contributed by atoms with Crippen molar-refractivity contribution in [2.24, 2.45) is 0 Å². The summed E-state index contributed by atoms with van der Waals surface area (Å²) in [6.45, 7) is 0.410. The van der Waals surface area contributed by atoms with E-state index in [0.717, 1.165) is 5.56 Å². The lowest BCUT2D eigenvalue weighted by Crippen LogP contribution is -2.34. The van der Waals surface area contributed by atoms with Crippen LogP contribution >= 0.6 is 23.2 Å². The maximum absolute atomic E-state index is 12.5. The summed E-state index contributed by atoms with van der Waals surface area (Å²) < 4.78 is 28.9. The summed E-state index contributed by atoms with van der Waals surface area (Å²) in [7, 11) is -3.73. The van der Waals surface area contributed by atoms with Crippen molar-refractivity contribution < 1.29 is 8.42 Å². The van der Waals surface area contributed by atoms with E-state index >= 15 is 0 Å². The van der Waals surface area contributed by atoms with Crippen LogP contribution in [0.15, 0.2) is 42.5 Å². The molecular formula is C14H12Cl2N2O2S. The average Bonchev–Trinajstić information content (AvgIpc) is 2.88. The molecule has 2 aromatic rings. The van der Waals surface area contributed by atoms with Crippen molar-refractivity contribution in [3.8, 4) is 0 Å². The van der Waals surface area contributed by atoms with Gasteiger partial charge < -0.3 is 0 Å². The molecule has 7 heteroatoms. The molecule has 21 heavy (non-hydrogen) atoms. The number of fused-ring (bicyclic) bond motifs is 1. The van der Waals surface area contributed by atoms with Crippen molar-refractivity contribution in [2.45, 2.75) is 6.42 Å². The van der Waals surface area contributed by atoms with Gasteiger partial charge in [-0.2, -0.15) is 8.42 Å². The molecule has 0 atom stereocenters. The maximum atomic E-state index is 12.5. The molecule has 0 saturated carbocycles. The third-order valence-corrected chi connectivity index (χ3v) is 5.58. The summed E-state index contributed by atoms with van der Waals surface area (Å²) in [6, 6.07) is 12.3. The van der Waals surface area contributed by atoms with Crippen LogP contribution in [0.4, 0.5) is 11.4 Å². The Hall–Kier alpha value is -1.43. The molecule has 0 unspecified atom stereocenters. The number of nitrogens with one attached hydrogen (secondary N) is 1. The standard InChI is InChI=1S/C14H12Cl2N2O2S/c15-11-5-3-6-12(14(11)16)17-21(19,20)18-9-8-10-4-1-2-7-13(10)18/h1-7,17H,8-9H2. The van der Waals surface area contributed by atoms with Gasteiger partial charge in [-0.25, -0.2) is 0 Å². The predicted octanol–water partition coefficient (Wildman–Crippen LogP) is 3.71. The number of nitrogens with zero attached hydrogens (tertiary/aromatic N) is 1. The molecule has 0 radical (unpaired) electrons. The molecule has 1 aliphatic rings. The number of rotatable bonds is 3. The molecule has 0 bridgehead atoms. The van der Waals surface area contributed by atoms with Gasteiger partial charge in [0.25, 0.3) is 0 Å². The fourth-order valence-corrected chi connectivity index (χ4v) is 4.07. The fraction of sp³-hybridized carbons (Fsp3) is 0.143. The lowest BCUT2D eigenvalue weighted by Gasteiger charge is -2.21. The van der Waals surface area contributed by atoms with Crippen molar-refractivity contribution in [2.75, 3.05) is 15.6 Å². The lowest BCUT2D eigenvalue weighted by atomic mass is 10.2. The zero-order chi connectivity index (χ0) is 15.0. The topological polar surface area (TPSA) is 49.4 Å². The Bertz CT molecular complexity index is 793. The predicted molar refractivity (Wildman–Crippen MR) is 86.5 cm³/mol. The van der Waals surface area contributed by atoms with Gasteiger partial charge >= 0.3 is 10.2 Å². The van der Waals surface area contributed by atoms with Crippen LogP contribution in [0.1, 0.15) is 5.56 Å². The van der Waals surface area contributed by atoms with Gasteiger partial charge in [-0.15, -0.1) is 0 Å². The molecule has 1 aliphatic heterocycles. The second-order valence-electron chi connectivity index (χ2n) is 4.66. The molecule has 0 spiro atoms. The van der Waals surface area contributed by atoms with Crippen LogP contribution < -0.4 is 9.03 Å². The summed E-state index contributed by atoms with van der Waals surface area (Å²) in [4.78, 5) is 0. The molecule has 2 aromatic carbocycles. The Kier molecular flexibility index (Phi) is 3.73. The van der Waals surface area contributed by atoms with E-state index in [-0.39, 0.29) is 10.7 Å². The minimum atomic E-state index is -3.73. The van der Waals surface area contributed by atoms with Gasteiger partial charge in [-0.05, 0) is 30.2 Å². The van der Waals surface area contributed by atoms with Crippen LogP contribution in [-0.4, -0.2) is 15.0 Å². The monoisotopic (exact) mass is 342 g/mol. The quantitative estimate of drug-likeness (QED) is 0.924. The number of para-hydroxylation sites is 1. The van der Waals surface area contributed by atoms with Gasteiger partial charge in [0.15, 0.2) is 0 Å². The van der Waals surface area contributed by atoms with Crippen LogP contribution in [-0.2, 0) is 16.6 Å². The summed E-state index contributed by atoms with van der Waals surface area (Å²) in [6.07, 6.45) is 0.695. The van der Waals surface area contributed by atoms with E-state index in [2.05, 4.69) is 4.72 Å². The van der Waals surface area contributed by atoms with E-state index < -0.39 is 10.2 Å². The van der Waals surface area contributed by atoms with Crippen molar-refractivity contribution in [1.82, 2.24) is 0 Å². The van der Waals surface area contributed by atoms with Crippen LogP contribution in [0.25, 0.3) is 0 Å². The first kappa shape index (κ1) is 14.5. The van der Waals surface area contributed by atoms with E-state index in [9.17, 15) is 8.42 Å². The maximum Gasteiger partial charge on any atom is 0.324 e. The first-order chi connectivity index (χ1) is 9.99. The highest BCUT2D eigenvalue weighted by Crippen LogP contribution is 2.33. The highest BCUT2D eigenvalue weighted by Gasteiger charge is 2.29. The third-order valence-electron chi connectivity index (χ3n) is 3.33. The van der Waals surface area contributed by atoms with E-state index in [1.165, 1.54) is 4.31 Å². The van der Waals surface area contributed by atoms with E-state index in [1.54, 1.807) is 24.3 Å². The number of hydrogen-bond acceptors (Lipinski definition) is 2. The number of anilines is 2. The van der Waals surface area contributed by atoms with Crippen molar-refractivity contribution in [1.29, 1.82) is 0 Å². The lowest BCUT2D eigenvalue weighted by molar-refractivity contribution is 0.597. The highest BCUT2D eigenvalue weighted by molar-refractivity contribution is 7.94. The molecule has 0 saturated heterocycles. The molecule has 0 aromatic heterocycles. The molecule has 1 N–H and O–H groups in total. The number of hydrogen-bond donors (Lipinski definition) is 1. The smallest absolute Gasteiger partial charge is 0.265 e. The van der Waals surface area contributed by atoms with Gasteiger partial charge in [0, 0.05) is 6.54 Å². The van der Waals surface area contributed by atoms with Crippen molar-refractivity contribution >= 4 is 44.8 Å². The highest BCUT2D eigenvalue weighted by atomic mass is 35.5. The summed E-state index contributed by atoms with van der Waals surface area (Å²) >= 11 is 11.9. The minimum absolute atomic E-state index is 0.190. The normalized spacial score (nSPS) is 14.1. The molecule has 0 amide bonds. The number of benzene rings is 2. The molecule has 3 rings (SSSR count). The Morgan fingerprint density at radius 1 is 1.05 bits per heavy atom. The van der Waals surface area contributed by atoms with Crippen LogP contribution in [0.5, 0.6) is 0 Å². The fourth-order valence-electron chi connectivity index (χ4n) is 2.33. The molecule has 0 aliphatic carbocycles. The van der Waals surface area contributed by atoms with E-state index in [1.807, 2.05) is 18.2 Å². The van der Waals surface area contributed by atoms with Crippen LogP contribution in [0.3, 0.4) is 0 Å². The number of halogens is 2. The van der Waals surface area contributed by atoms with Crippen LogP contribution in [0.2, 0.25) is 10.0 Å². The van der Waals surface area contributed by atoms with Crippen LogP contribution in [0, 0.1) is 0 Å². The second-order valence-corrected chi connectivity index (χ2v) is 7.04. The third kappa shape index (κ3) is 2.69. The van der Waals surface area contributed by atoms with Crippen molar-refractivity contribution in [3.63, 3.8) is 0 Å². The summed E-state index contributed by atoms with van der Waals surface area (Å²) in [5.41, 5.74) is 1.98. The Morgan fingerprint density at radius 3 is 2.62 bits per heavy atom. The largest absolute Gasteiger partial charge is 0.324 e. The van der Waals surface area contributed by atoms with E-state index in [0.29, 0.717) is 23.7 Å². The molecule has 4 nitrogen and oxygen atoms in total. The van der Waals surface area contributed by atoms with E-state index in [4.69, 9.17) is 23.2 Å². The zero-order valence-corrected chi connectivity index (χ0v) is 13.2. The molecular weight excluding hydrogens is 331 g/mol. The molecule has 1 heterocycles. The van der Waals surface area contributed by atoms with Gasteiger partial charge in [-0.3, -0.25) is 9.03 Å². The molecule has 0 fully saturated rings.